The normalized spacial score (nSPS) is 20.8. The monoisotopic (exact) mass is 289 g/mol. The summed E-state index contributed by atoms with van der Waals surface area (Å²) in [5.74, 6) is -1.03. The van der Waals surface area contributed by atoms with E-state index in [1.54, 1.807) is 25.2 Å². The Bertz CT molecular complexity index is 551. The zero-order chi connectivity index (χ0) is 15.6. The average Bonchev–Trinajstić information content (AvgIpc) is 2.45. The second kappa shape index (κ2) is 5.88. The van der Waals surface area contributed by atoms with E-state index in [1.165, 1.54) is 11.0 Å². The summed E-state index contributed by atoms with van der Waals surface area (Å²) in [6.07, 6.45) is 4.14. The number of carboxylic acid groups (broad SMARTS) is 1. The average molecular weight is 289 g/mol. The van der Waals surface area contributed by atoms with Crippen LogP contribution in [0.15, 0.2) is 24.3 Å². The highest BCUT2D eigenvalue weighted by Gasteiger charge is 2.39. The third-order valence-corrected chi connectivity index (χ3v) is 4.63. The molecule has 0 aliphatic heterocycles. The van der Waals surface area contributed by atoms with Crippen molar-refractivity contribution in [1.29, 1.82) is 0 Å². The molecule has 1 N–H and O–H groups in total. The number of para-hydroxylation sites is 1. The molecule has 1 atom stereocenters. The van der Waals surface area contributed by atoms with E-state index in [0.717, 1.165) is 25.7 Å². The molecule has 0 heterocycles. The van der Waals surface area contributed by atoms with Crippen LogP contribution in [0, 0.1) is 11.3 Å². The minimum absolute atomic E-state index is 0.0217. The van der Waals surface area contributed by atoms with Gasteiger partial charge in [-0.2, -0.15) is 0 Å². The van der Waals surface area contributed by atoms with Crippen molar-refractivity contribution in [3.8, 4) is 0 Å². The zero-order valence-electron chi connectivity index (χ0n) is 12.9. The van der Waals surface area contributed by atoms with Gasteiger partial charge >= 0.3 is 5.97 Å². The smallest absolute Gasteiger partial charge is 0.337 e. The maximum Gasteiger partial charge on any atom is 0.337 e. The van der Waals surface area contributed by atoms with Gasteiger partial charge < -0.3 is 10.0 Å². The van der Waals surface area contributed by atoms with Gasteiger partial charge in [0.2, 0.25) is 5.91 Å². The fourth-order valence-corrected chi connectivity index (χ4v) is 3.25. The van der Waals surface area contributed by atoms with Crippen LogP contribution in [0.2, 0.25) is 0 Å². The largest absolute Gasteiger partial charge is 0.478 e. The fraction of sp³-hybridized carbons (Fsp3) is 0.529. The number of hydrogen-bond acceptors (Lipinski definition) is 2. The van der Waals surface area contributed by atoms with Gasteiger partial charge in [-0.1, -0.05) is 38.8 Å². The van der Waals surface area contributed by atoms with Crippen LogP contribution in [-0.2, 0) is 4.79 Å². The summed E-state index contributed by atoms with van der Waals surface area (Å²) >= 11 is 0. The minimum atomic E-state index is -1.01. The van der Waals surface area contributed by atoms with Gasteiger partial charge in [0.25, 0.3) is 0 Å². The van der Waals surface area contributed by atoms with E-state index in [0.29, 0.717) is 5.69 Å². The first-order valence-electron chi connectivity index (χ1n) is 7.44. The quantitative estimate of drug-likeness (QED) is 0.925. The summed E-state index contributed by atoms with van der Waals surface area (Å²) in [7, 11) is 1.68. The number of rotatable bonds is 3. The van der Waals surface area contributed by atoms with Crippen LogP contribution < -0.4 is 4.90 Å². The number of carbonyl (C=O) groups is 2. The summed E-state index contributed by atoms with van der Waals surface area (Å²) in [6, 6.07) is 6.66. The highest BCUT2D eigenvalue weighted by atomic mass is 16.4. The van der Waals surface area contributed by atoms with E-state index in [-0.39, 0.29) is 22.8 Å². The molecule has 0 aromatic heterocycles. The Labute approximate surface area is 125 Å². The first kappa shape index (κ1) is 15.5. The lowest BCUT2D eigenvalue weighted by molar-refractivity contribution is -0.127. The molecule has 0 saturated heterocycles. The van der Waals surface area contributed by atoms with Crippen molar-refractivity contribution < 1.29 is 14.7 Å². The lowest BCUT2D eigenvalue weighted by Crippen LogP contribution is -2.42. The van der Waals surface area contributed by atoms with E-state index in [9.17, 15) is 14.7 Å². The molecular weight excluding hydrogens is 266 g/mol. The highest BCUT2D eigenvalue weighted by molar-refractivity contribution is 6.02. The van der Waals surface area contributed by atoms with E-state index in [2.05, 4.69) is 13.8 Å². The maximum atomic E-state index is 12.8. The number of amides is 1. The van der Waals surface area contributed by atoms with Gasteiger partial charge in [-0.3, -0.25) is 4.79 Å². The van der Waals surface area contributed by atoms with Gasteiger partial charge in [0.15, 0.2) is 0 Å². The Morgan fingerprint density at radius 2 is 1.90 bits per heavy atom. The molecule has 1 aliphatic carbocycles. The predicted octanol–water partition coefficient (Wildman–Crippen LogP) is 3.56. The summed E-state index contributed by atoms with van der Waals surface area (Å²) in [5, 5.41) is 9.27. The van der Waals surface area contributed by atoms with Crippen molar-refractivity contribution in [2.24, 2.45) is 11.3 Å². The maximum absolute atomic E-state index is 12.8. The third-order valence-electron chi connectivity index (χ3n) is 4.63. The lowest BCUT2D eigenvalue weighted by atomic mass is 9.68. The third kappa shape index (κ3) is 3.09. The van der Waals surface area contributed by atoms with Crippen LogP contribution in [0.4, 0.5) is 5.69 Å². The molecule has 0 radical (unpaired) electrons. The first-order chi connectivity index (χ1) is 9.84. The van der Waals surface area contributed by atoms with Crippen molar-refractivity contribution in [2.75, 3.05) is 11.9 Å². The van der Waals surface area contributed by atoms with Crippen molar-refractivity contribution in [1.82, 2.24) is 0 Å². The first-order valence-corrected chi connectivity index (χ1v) is 7.44. The molecule has 2 rings (SSSR count). The second-order valence-electron chi connectivity index (χ2n) is 6.51. The minimum Gasteiger partial charge on any atom is -0.478 e. The number of carbonyl (C=O) groups excluding carboxylic acids is 1. The van der Waals surface area contributed by atoms with Gasteiger partial charge in [0.05, 0.1) is 11.3 Å². The molecule has 1 amide bonds. The van der Waals surface area contributed by atoms with E-state index < -0.39 is 5.97 Å². The van der Waals surface area contributed by atoms with E-state index in [4.69, 9.17) is 0 Å². The Hall–Kier alpha value is -1.84. The van der Waals surface area contributed by atoms with Gasteiger partial charge in [-0.25, -0.2) is 4.79 Å². The fourth-order valence-electron chi connectivity index (χ4n) is 3.25. The van der Waals surface area contributed by atoms with Gasteiger partial charge in [0.1, 0.15) is 0 Å². The highest BCUT2D eigenvalue weighted by Crippen LogP contribution is 2.42. The predicted molar refractivity (Wildman–Crippen MR) is 82.6 cm³/mol. The van der Waals surface area contributed by atoms with Crippen LogP contribution in [0.25, 0.3) is 0 Å². The summed E-state index contributed by atoms with van der Waals surface area (Å²) in [5.41, 5.74) is 0.611. The van der Waals surface area contributed by atoms with Gasteiger partial charge in [0, 0.05) is 13.0 Å². The number of aromatic carboxylic acids is 1. The number of anilines is 1. The van der Waals surface area contributed by atoms with Crippen molar-refractivity contribution >= 4 is 17.6 Å². The molecule has 4 heteroatoms. The van der Waals surface area contributed by atoms with Crippen LogP contribution in [0.5, 0.6) is 0 Å². The van der Waals surface area contributed by atoms with Gasteiger partial charge in [-0.15, -0.1) is 0 Å². The molecule has 1 aromatic carbocycles. The molecule has 21 heavy (non-hydrogen) atoms. The molecule has 1 unspecified atom stereocenters. The van der Waals surface area contributed by atoms with Gasteiger partial charge in [-0.05, 0) is 30.4 Å². The summed E-state index contributed by atoms with van der Waals surface area (Å²) in [4.78, 5) is 25.7. The Morgan fingerprint density at radius 1 is 1.24 bits per heavy atom. The summed E-state index contributed by atoms with van der Waals surface area (Å²) < 4.78 is 0. The molecule has 1 saturated carbocycles. The second-order valence-corrected chi connectivity index (χ2v) is 6.51. The SMILES string of the molecule is CN(C(=O)C1CCCCC1(C)C)c1ccccc1C(=O)O. The molecule has 4 nitrogen and oxygen atoms in total. The Balaban J connectivity index is 2.29. The molecule has 1 aromatic rings. The standard InChI is InChI=1S/C17H23NO3/c1-17(2)11-7-6-9-13(17)15(19)18(3)14-10-5-4-8-12(14)16(20)21/h4-5,8,10,13H,6-7,9,11H2,1-3H3,(H,20,21). The molecule has 0 bridgehead atoms. The number of hydrogen-bond donors (Lipinski definition) is 1. The van der Waals surface area contributed by atoms with Crippen LogP contribution in [0.1, 0.15) is 49.9 Å². The van der Waals surface area contributed by atoms with Crippen LogP contribution in [-0.4, -0.2) is 24.0 Å². The number of benzene rings is 1. The molecule has 114 valence electrons. The molecule has 1 aliphatic rings. The topological polar surface area (TPSA) is 57.6 Å². The van der Waals surface area contributed by atoms with Crippen molar-refractivity contribution in [2.45, 2.75) is 39.5 Å². The Morgan fingerprint density at radius 3 is 2.52 bits per heavy atom. The molecule has 1 fully saturated rings. The van der Waals surface area contributed by atoms with Crippen LogP contribution in [0.3, 0.4) is 0 Å². The van der Waals surface area contributed by atoms with E-state index >= 15 is 0 Å². The lowest BCUT2D eigenvalue weighted by Gasteiger charge is -2.39. The molecule has 0 spiro atoms. The number of carboxylic acids is 1. The number of nitrogens with zero attached hydrogens (tertiary/aromatic N) is 1. The van der Waals surface area contributed by atoms with Crippen LogP contribution >= 0.6 is 0 Å². The van der Waals surface area contributed by atoms with Crippen molar-refractivity contribution in [3.63, 3.8) is 0 Å². The van der Waals surface area contributed by atoms with Crippen molar-refractivity contribution in [3.05, 3.63) is 29.8 Å². The molecular formula is C17H23NO3. The Kier molecular flexibility index (Phi) is 4.35. The zero-order valence-corrected chi connectivity index (χ0v) is 12.9. The summed E-state index contributed by atoms with van der Waals surface area (Å²) in [6.45, 7) is 4.26. The van der Waals surface area contributed by atoms with E-state index in [1.807, 2.05) is 0 Å².